The monoisotopic (exact) mass is 472 g/mol. The molecule has 0 atom stereocenters. The van der Waals surface area contributed by atoms with Crippen LogP contribution in [0.25, 0.3) is 0 Å². The van der Waals surface area contributed by atoms with Crippen molar-refractivity contribution in [3.63, 3.8) is 0 Å². The average Bonchev–Trinajstić information content (AvgIpc) is 2.79. The molecule has 0 N–H and O–H groups in total. The summed E-state index contributed by atoms with van der Waals surface area (Å²) in [6, 6.07) is 15.1. The minimum atomic E-state index is -4.26. The highest BCUT2D eigenvalue weighted by Crippen LogP contribution is 2.27. The van der Waals surface area contributed by atoms with E-state index in [1.165, 1.54) is 55.8 Å². The third-order valence-electron chi connectivity index (χ3n) is 4.71. The van der Waals surface area contributed by atoms with Crippen molar-refractivity contribution in [2.75, 3.05) is 11.4 Å². The van der Waals surface area contributed by atoms with Crippen LogP contribution in [0, 0.1) is 6.92 Å². The van der Waals surface area contributed by atoms with Crippen LogP contribution in [-0.2, 0) is 26.0 Å². The van der Waals surface area contributed by atoms with Gasteiger partial charge in [-0.05, 0) is 67.4 Å². The third-order valence-corrected chi connectivity index (χ3v) is 6.69. The van der Waals surface area contributed by atoms with Crippen molar-refractivity contribution in [3.05, 3.63) is 88.7 Å². The first-order chi connectivity index (χ1) is 15.2. The molecule has 0 saturated carbocycles. The van der Waals surface area contributed by atoms with Crippen molar-refractivity contribution in [3.8, 4) is 0 Å². The smallest absolute Gasteiger partial charge is 0.305 e. The number of rotatable bonds is 7. The number of ether oxygens (including phenoxy) is 1. The molecule has 3 rings (SSSR count). The average molecular weight is 473 g/mol. The quantitative estimate of drug-likeness (QED) is 0.479. The number of hydrogen-bond acceptors (Lipinski definition) is 6. The predicted molar refractivity (Wildman–Crippen MR) is 121 cm³/mol. The summed E-state index contributed by atoms with van der Waals surface area (Å²) < 4.78 is 32.4. The second-order valence-electron chi connectivity index (χ2n) is 6.96. The molecular formula is C23H21ClN2O5S. The van der Waals surface area contributed by atoms with Crippen LogP contribution in [-0.4, -0.2) is 32.4 Å². The van der Waals surface area contributed by atoms with E-state index in [0.717, 1.165) is 9.87 Å². The van der Waals surface area contributed by atoms with E-state index in [2.05, 4.69) is 9.72 Å². The molecule has 0 unspecified atom stereocenters. The molecule has 1 amide bonds. The molecule has 0 saturated heterocycles. The number of methoxy groups -OCH3 is 1. The summed E-state index contributed by atoms with van der Waals surface area (Å²) in [5.41, 5.74) is 1.74. The number of sulfonamides is 1. The Hall–Kier alpha value is -3.23. The number of anilines is 1. The molecular weight excluding hydrogens is 452 g/mol. The lowest BCUT2D eigenvalue weighted by atomic mass is 10.1. The number of carbonyl (C=O) groups is 2. The first-order valence-corrected chi connectivity index (χ1v) is 11.5. The van der Waals surface area contributed by atoms with Crippen LogP contribution in [0.5, 0.6) is 0 Å². The van der Waals surface area contributed by atoms with Crippen LogP contribution in [0.15, 0.2) is 71.8 Å². The lowest BCUT2D eigenvalue weighted by Crippen LogP contribution is -2.37. The summed E-state index contributed by atoms with van der Waals surface area (Å²) in [6.07, 6.45) is 1.92. The normalized spacial score (nSPS) is 11.1. The SMILES string of the molecule is COC(=O)CCc1ccc(S(=O)(=O)N(C(=O)c2ccc(C)nc2)c2ccc(Cl)cc2)cc1. The Balaban J connectivity index is 1.99. The van der Waals surface area contributed by atoms with Crippen molar-refractivity contribution in [1.29, 1.82) is 0 Å². The van der Waals surface area contributed by atoms with Crippen LogP contribution < -0.4 is 4.31 Å². The van der Waals surface area contributed by atoms with Gasteiger partial charge in [-0.3, -0.25) is 14.6 Å². The van der Waals surface area contributed by atoms with Crippen LogP contribution in [0.4, 0.5) is 5.69 Å². The van der Waals surface area contributed by atoms with Gasteiger partial charge in [-0.25, -0.2) is 8.42 Å². The van der Waals surface area contributed by atoms with Crippen LogP contribution in [0.1, 0.15) is 28.0 Å². The second-order valence-corrected chi connectivity index (χ2v) is 9.18. The Morgan fingerprint density at radius 1 is 1.00 bits per heavy atom. The van der Waals surface area contributed by atoms with Crippen molar-refractivity contribution in [2.24, 2.45) is 0 Å². The highest BCUT2D eigenvalue weighted by molar-refractivity contribution is 7.93. The van der Waals surface area contributed by atoms with Gasteiger partial charge in [-0.2, -0.15) is 4.31 Å². The number of hydrogen-bond donors (Lipinski definition) is 0. The van der Waals surface area contributed by atoms with E-state index in [-0.39, 0.29) is 28.5 Å². The van der Waals surface area contributed by atoms with E-state index in [4.69, 9.17) is 11.6 Å². The molecule has 3 aromatic rings. The minimum Gasteiger partial charge on any atom is -0.469 e. The van der Waals surface area contributed by atoms with E-state index < -0.39 is 15.9 Å². The Kier molecular flexibility index (Phi) is 7.27. The summed E-state index contributed by atoms with van der Waals surface area (Å²) in [4.78, 5) is 28.6. The molecule has 0 spiro atoms. The molecule has 2 aromatic carbocycles. The molecule has 0 fully saturated rings. The molecule has 0 radical (unpaired) electrons. The number of halogens is 1. The van der Waals surface area contributed by atoms with Gasteiger partial charge in [-0.1, -0.05) is 23.7 Å². The molecule has 0 bridgehead atoms. The summed E-state index contributed by atoms with van der Waals surface area (Å²) in [5.74, 6) is -1.09. The largest absolute Gasteiger partial charge is 0.469 e. The number of aryl methyl sites for hydroxylation is 2. The topological polar surface area (TPSA) is 93.6 Å². The van der Waals surface area contributed by atoms with Crippen molar-refractivity contribution >= 4 is 39.2 Å². The van der Waals surface area contributed by atoms with Gasteiger partial charge in [0.05, 0.1) is 23.3 Å². The third kappa shape index (κ3) is 5.33. The van der Waals surface area contributed by atoms with Gasteiger partial charge in [0, 0.05) is 23.3 Å². The maximum Gasteiger partial charge on any atom is 0.305 e. The van der Waals surface area contributed by atoms with Gasteiger partial charge in [0.15, 0.2) is 0 Å². The molecule has 0 aliphatic carbocycles. The van der Waals surface area contributed by atoms with Crippen LogP contribution in [0.3, 0.4) is 0 Å². The fourth-order valence-electron chi connectivity index (χ4n) is 2.94. The maximum atomic E-state index is 13.5. The molecule has 9 heteroatoms. The second kappa shape index (κ2) is 9.93. The Morgan fingerprint density at radius 3 is 2.22 bits per heavy atom. The molecule has 1 heterocycles. The van der Waals surface area contributed by atoms with Crippen molar-refractivity contribution in [1.82, 2.24) is 4.98 Å². The molecule has 0 aliphatic heterocycles. The molecule has 166 valence electrons. The zero-order valence-electron chi connectivity index (χ0n) is 17.5. The van der Waals surface area contributed by atoms with E-state index in [1.54, 1.807) is 25.1 Å². The zero-order chi connectivity index (χ0) is 23.3. The van der Waals surface area contributed by atoms with Crippen LogP contribution >= 0.6 is 11.6 Å². The number of carbonyl (C=O) groups excluding carboxylic acids is 2. The lowest BCUT2D eigenvalue weighted by molar-refractivity contribution is -0.140. The number of esters is 1. The maximum absolute atomic E-state index is 13.5. The van der Waals surface area contributed by atoms with Gasteiger partial charge in [0.25, 0.3) is 15.9 Å². The number of benzene rings is 2. The summed E-state index contributed by atoms with van der Waals surface area (Å²) in [7, 11) is -2.95. The van der Waals surface area contributed by atoms with E-state index in [9.17, 15) is 18.0 Å². The fraction of sp³-hybridized carbons (Fsp3) is 0.174. The molecule has 1 aromatic heterocycles. The van der Waals surface area contributed by atoms with Gasteiger partial charge in [0.1, 0.15) is 0 Å². The Morgan fingerprint density at radius 2 is 1.66 bits per heavy atom. The number of pyridine rings is 1. The Bertz CT molecular complexity index is 1210. The van der Waals surface area contributed by atoms with E-state index in [0.29, 0.717) is 17.1 Å². The summed E-state index contributed by atoms with van der Waals surface area (Å²) >= 11 is 5.95. The van der Waals surface area contributed by atoms with Gasteiger partial charge >= 0.3 is 5.97 Å². The zero-order valence-corrected chi connectivity index (χ0v) is 19.1. The number of nitrogens with zero attached hydrogens (tertiary/aromatic N) is 2. The van der Waals surface area contributed by atoms with Gasteiger partial charge in [-0.15, -0.1) is 0 Å². The lowest BCUT2D eigenvalue weighted by Gasteiger charge is -2.23. The van der Waals surface area contributed by atoms with E-state index in [1.807, 2.05) is 0 Å². The first kappa shape index (κ1) is 23.4. The van der Waals surface area contributed by atoms with Crippen LogP contribution in [0.2, 0.25) is 5.02 Å². The molecule has 32 heavy (non-hydrogen) atoms. The van der Waals surface area contributed by atoms with Crippen molar-refractivity contribution in [2.45, 2.75) is 24.7 Å². The number of aromatic nitrogens is 1. The summed E-state index contributed by atoms with van der Waals surface area (Å²) in [5, 5.41) is 0.408. The fourth-order valence-corrected chi connectivity index (χ4v) is 4.47. The standard InChI is InChI=1S/C23H21ClN2O5S/c1-16-3-7-18(15-25-16)23(28)26(20-10-8-19(24)9-11-20)32(29,30)21-12-4-17(5-13-21)6-14-22(27)31-2/h3-5,7-13,15H,6,14H2,1-2H3. The summed E-state index contributed by atoms with van der Waals surface area (Å²) in [6.45, 7) is 1.77. The highest BCUT2D eigenvalue weighted by atomic mass is 35.5. The van der Waals surface area contributed by atoms with Gasteiger partial charge in [0.2, 0.25) is 0 Å². The first-order valence-electron chi connectivity index (χ1n) is 9.66. The highest BCUT2D eigenvalue weighted by Gasteiger charge is 2.32. The molecule has 7 nitrogen and oxygen atoms in total. The predicted octanol–water partition coefficient (Wildman–Crippen LogP) is 4.18. The minimum absolute atomic E-state index is 0.0670. The Labute approximate surface area is 191 Å². The number of amides is 1. The van der Waals surface area contributed by atoms with Gasteiger partial charge < -0.3 is 4.74 Å². The molecule has 0 aliphatic rings. The van der Waals surface area contributed by atoms with Crippen molar-refractivity contribution < 1.29 is 22.7 Å². The van der Waals surface area contributed by atoms with E-state index >= 15 is 0 Å².